The van der Waals surface area contributed by atoms with Crippen molar-refractivity contribution in [3.8, 4) is 0 Å². The smallest absolute Gasteiger partial charge is 0.261 e. The average molecular weight is 338 g/mol. The first-order chi connectivity index (χ1) is 9.29. The molecule has 0 saturated carbocycles. The molecule has 0 unspecified atom stereocenters. The van der Waals surface area contributed by atoms with Crippen LogP contribution in [0.25, 0.3) is 0 Å². The molecule has 0 saturated heterocycles. The number of benzene rings is 2. The Labute approximate surface area is 124 Å². The molecule has 1 N–H and O–H groups in total. The molecule has 106 valence electrons. The Hall–Kier alpha value is -1.37. The fourth-order valence-corrected chi connectivity index (χ4v) is 2.86. The number of hydrogen-bond donors (Lipinski definition) is 1. The van der Waals surface area contributed by atoms with Crippen LogP contribution in [-0.2, 0) is 10.0 Å². The lowest BCUT2D eigenvalue weighted by Gasteiger charge is -2.09. The van der Waals surface area contributed by atoms with E-state index in [4.69, 9.17) is 23.2 Å². The number of halogens is 4. The van der Waals surface area contributed by atoms with E-state index in [9.17, 15) is 17.2 Å². The molecule has 2 rings (SSSR count). The van der Waals surface area contributed by atoms with Crippen molar-refractivity contribution in [2.75, 3.05) is 4.72 Å². The van der Waals surface area contributed by atoms with Crippen LogP contribution in [0.5, 0.6) is 0 Å². The zero-order chi connectivity index (χ0) is 14.9. The summed E-state index contributed by atoms with van der Waals surface area (Å²) < 4.78 is 52.0. The fraction of sp³-hybridized carbons (Fsp3) is 0. The Bertz CT molecular complexity index is 766. The van der Waals surface area contributed by atoms with Gasteiger partial charge >= 0.3 is 0 Å². The molecule has 0 atom stereocenters. The Kier molecular flexibility index (Phi) is 4.17. The van der Waals surface area contributed by atoms with E-state index >= 15 is 0 Å². The SMILES string of the molecule is O=S(=O)(Nc1ccc(F)c(F)c1)c1ccc(Cl)c(Cl)c1. The van der Waals surface area contributed by atoms with E-state index in [1.54, 1.807) is 0 Å². The van der Waals surface area contributed by atoms with E-state index in [-0.39, 0.29) is 20.6 Å². The molecule has 20 heavy (non-hydrogen) atoms. The Morgan fingerprint density at radius 1 is 0.900 bits per heavy atom. The minimum atomic E-state index is -3.96. The quantitative estimate of drug-likeness (QED) is 0.917. The molecule has 0 spiro atoms. The number of rotatable bonds is 3. The van der Waals surface area contributed by atoms with E-state index in [1.807, 2.05) is 0 Å². The first-order valence-electron chi connectivity index (χ1n) is 5.22. The number of hydrogen-bond acceptors (Lipinski definition) is 2. The molecule has 3 nitrogen and oxygen atoms in total. The van der Waals surface area contributed by atoms with E-state index in [2.05, 4.69) is 4.72 Å². The predicted molar refractivity (Wildman–Crippen MR) is 73.6 cm³/mol. The fourth-order valence-electron chi connectivity index (χ4n) is 1.42. The maximum atomic E-state index is 13.0. The van der Waals surface area contributed by atoms with Crippen LogP contribution < -0.4 is 4.72 Å². The molecule has 2 aromatic carbocycles. The van der Waals surface area contributed by atoms with Gasteiger partial charge in [0.25, 0.3) is 10.0 Å². The molecule has 2 aromatic rings. The standard InChI is InChI=1S/C12H7Cl2F2NO2S/c13-9-3-2-8(6-10(9)14)20(18,19)17-7-1-4-11(15)12(16)5-7/h1-6,17H. The monoisotopic (exact) mass is 337 g/mol. The minimum Gasteiger partial charge on any atom is -0.280 e. The molecule has 8 heteroatoms. The number of sulfonamides is 1. The maximum Gasteiger partial charge on any atom is 0.261 e. The van der Waals surface area contributed by atoms with Crippen LogP contribution in [0, 0.1) is 11.6 Å². The third-order valence-corrected chi connectivity index (χ3v) is 4.49. The van der Waals surface area contributed by atoms with Crippen LogP contribution in [0.2, 0.25) is 10.0 Å². The van der Waals surface area contributed by atoms with Gasteiger partial charge in [0.2, 0.25) is 0 Å². The third kappa shape index (κ3) is 3.20. The topological polar surface area (TPSA) is 46.2 Å². The highest BCUT2D eigenvalue weighted by Gasteiger charge is 2.16. The highest BCUT2D eigenvalue weighted by molar-refractivity contribution is 7.92. The van der Waals surface area contributed by atoms with Crippen molar-refractivity contribution in [3.63, 3.8) is 0 Å². The zero-order valence-electron chi connectivity index (χ0n) is 9.70. The van der Waals surface area contributed by atoms with E-state index in [0.717, 1.165) is 24.3 Å². The molecule has 0 radical (unpaired) electrons. The highest BCUT2D eigenvalue weighted by atomic mass is 35.5. The summed E-state index contributed by atoms with van der Waals surface area (Å²) in [6.45, 7) is 0. The van der Waals surface area contributed by atoms with Gasteiger partial charge in [0.1, 0.15) is 0 Å². The molecule has 0 amide bonds. The van der Waals surface area contributed by atoms with Gasteiger partial charge in [0, 0.05) is 6.07 Å². The molecule has 0 aliphatic rings. The summed E-state index contributed by atoms with van der Waals surface area (Å²) in [5, 5.41) is 0.276. The Morgan fingerprint density at radius 3 is 2.20 bits per heavy atom. The molecule has 0 bridgehead atoms. The van der Waals surface area contributed by atoms with Gasteiger partial charge in [0.15, 0.2) is 11.6 Å². The zero-order valence-corrected chi connectivity index (χ0v) is 12.0. The summed E-state index contributed by atoms with van der Waals surface area (Å²) in [5.74, 6) is -2.22. The van der Waals surface area contributed by atoms with Crippen molar-refractivity contribution >= 4 is 38.9 Å². The van der Waals surface area contributed by atoms with Crippen molar-refractivity contribution in [1.29, 1.82) is 0 Å². The first-order valence-corrected chi connectivity index (χ1v) is 7.46. The summed E-state index contributed by atoms with van der Waals surface area (Å²) in [7, 11) is -3.96. The average Bonchev–Trinajstić information content (AvgIpc) is 2.37. The van der Waals surface area contributed by atoms with Crippen LogP contribution in [0.3, 0.4) is 0 Å². The summed E-state index contributed by atoms with van der Waals surface area (Å²) in [6, 6.07) is 6.39. The normalized spacial score (nSPS) is 11.4. The van der Waals surface area contributed by atoms with Gasteiger partial charge in [-0.3, -0.25) is 4.72 Å². The van der Waals surface area contributed by atoms with Crippen LogP contribution >= 0.6 is 23.2 Å². The van der Waals surface area contributed by atoms with Crippen LogP contribution in [0.15, 0.2) is 41.3 Å². The molecular weight excluding hydrogens is 331 g/mol. The maximum absolute atomic E-state index is 13.0. The van der Waals surface area contributed by atoms with Gasteiger partial charge in [-0.15, -0.1) is 0 Å². The van der Waals surface area contributed by atoms with Crippen molar-refractivity contribution < 1.29 is 17.2 Å². The van der Waals surface area contributed by atoms with Crippen molar-refractivity contribution in [1.82, 2.24) is 0 Å². The van der Waals surface area contributed by atoms with Crippen LogP contribution in [0.4, 0.5) is 14.5 Å². The van der Waals surface area contributed by atoms with E-state index < -0.39 is 21.7 Å². The summed E-state index contributed by atoms with van der Waals surface area (Å²) in [5.41, 5.74) is -0.102. The van der Waals surface area contributed by atoms with Gasteiger partial charge < -0.3 is 0 Å². The van der Waals surface area contributed by atoms with Gasteiger partial charge in [-0.05, 0) is 30.3 Å². The Balaban J connectivity index is 2.35. The Morgan fingerprint density at radius 2 is 1.60 bits per heavy atom. The number of anilines is 1. The predicted octanol–water partition coefficient (Wildman–Crippen LogP) is 4.07. The van der Waals surface area contributed by atoms with Gasteiger partial charge in [-0.2, -0.15) is 0 Å². The lowest BCUT2D eigenvalue weighted by molar-refractivity contribution is 0.509. The summed E-state index contributed by atoms with van der Waals surface area (Å²) in [4.78, 5) is -0.142. The molecule has 0 fully saturated rings. The first kappa shape index (κ1) is 15.0. The third-order valence-electron chi connectivity index (χ3n) is 2.37. The largest absolute Gasteiger partial charge is 0.280 e. The van der Waals surface area contributed by atoms with Crippen molar-refractivity contribution in [3.05, 3.63) is 58.1 Å². The lowest BCUT2D eigenvalue weighted by atomic mass is 10.3. The van der Waals surface area contributed by atoms with Gasteiger partial charge in [-0.1, -0.05) is 23.2 Å². The number of nitrogens with one attached hydrogen (secondary N) is 1. The lowest BCUT2D eigenvalue weighted by Crippen LogP contribution is -2.13. The van der Waals surface area contributed by atoms with Gasteiger partial charge in [0.05, 0.1) is 20.6 Å². The van der Waals surface area contributed by atoms with Crippen LogP contribution in [0.1, 0.15) is 0 Å². The highest BCUT2D eigenvalue weighted by Crippen LogP contribution is 2.26. The van der Waals surface area contributed by atoms with E-state index in [0.29, 0.717) is 0 Å². The molecule has 0 aliphatic heterocycles. The summed E-state index contributed by atoms with van der Waals surface area (Å²) >= 11 is 11.4. The van der Waals surface area contributed by atoms with E-state index in [1.165, 1.54) is 12.1 Å². The minimum absolute atomic E-state index is 0.0693. The molecule has 0 aromatic heterocycles. The van der Waals surface area contributed by atoms with Gasteiger partial charge in [-0.25, -0.2) is 17.2 Å². The molecule has 0 heterocycles. The van der Waals surface area contributed by atoms with Crippen LogP contribution in [-0.4, -0.2) is 8.42 Å². The second-order valence-corrected chi connectivity index (χ2v) is 6.31. The molecular formula is C12H7Cl2F2NO2S. The summed E-state index contributed by atoms with van der Waals surface area (Å²) in [6.07, 6.45) is 0. The second kappa shape index (κ2) is 5.55. The molecule has 0 aliphatic carbocycles. The van der Waals surface area contributed by atoms with Crippen molar-refractivity contribution in [2.24, 2.45) is 0 Å². The second-order valence-electron chi connectivity index (χ2n) is 3.81. The van der Waals surface area contributed by atoms with Crippen molar-refractivity contribution in [2.45, 2.75) is 4.90 Å².